The van der Waals surface area contributed by atoms with Crippen molar-refractivity contribution in [1.82, 2.24) is 0 Å². The van der Waals surface area contributed by atoms with Crippen LogP contribution in [0.15, 0.2) is 12.2 Å². The van der Waals surface area contributed by atoms with Gasteiger partial charge in [0.05, 0.1) is 0 Å². The first-order valence-corrected chi connectivity index (χ1v) is 36.2. The molecule has 0 fully saturated rings. The molecule has 6 nitrogen and oxygen atoms in total. The summed E-state index contributed by atoms with van der Waals surface area (Å²) >= 11 is 0. The van der Waals surface area contributed by atoms with Gasteiger partial charge in [-0.3, -0.25) is 14.4 Å². The lowest BCUT2D eigenvalue weighted by molar-refractivity contribution is -0.167. The Labute approximate surface area is 494 Å². The summed E-state index contributed by atoms with van der Waals surface area (Å²) in [7, 11) is 0. The van der Waals surface area contributed by atoms with Crippen LogP contribution >= 0.6 is 0 Å². The molecule has 0 aliphatic carbocycles. The molecule has 0 heterocycles. The van der Waals surface area contributed by atoms with Gasteiger partial charge in [0.1, 0.15) is 13.2 Å². The van der Waals surface area contributed by atoms with Crippen LogP contribution in [0.5, 0.6) is 0 Å². The van der Waals surface area contributed by atoms with Crippen LogP contribution < -0.4 is 0 Å². The highest BCUT2D eigenvalue weighted by atomic mass is 16.6. The zero-order valence-corrected chi connectivity index (χ0v) is 53.9. The molecule has 0 saturated carbocycles. The van der Waals surface area contributed by atoms with Gasteiger partial charge in [-0.15, -0.1) is 0 Å². The van der Waals surface area contributed by atoms with E-state index >= 15 is 0 Å². The van der Waals surface area contributed by atoms with Crippen LogP contribution in [0.4, 0.5) is 0 Å². The van der Waals surface area contributed by atoms with E-state index in [0.29, 0.717) is 19.3 Å². The summed E-state index contributed by atoms with van der Waals surface area (Å²) in [6, 6.07) is 0. The Kier molecular flexibility index (Phi) is 67.0. The second kappa shape index (κ2) is 68.6. The third kappa shape index (κ3) is 66.8. The van der Waals surface area contributed by atoms with Crippen molar-refractivity contribution in [2.24, 2.45) is 0 Å². The zero-order valence-electron chi connectivity index (χ0n) is 53.9. The first-order chi connectivity index (χ1) is 39.0. The standard InChI is InChI=1S/C73H140O6/c1-4-7-10-13-16-19-22-25-28-31-34-35-36-37-38-39-40-43-45-48-51-54-57-60-63-66-72(75)78-69-70(79-73(76)67-64-61-58-55-52-49-46-42-33-30-27-24-21-18-15-12-9-6-3)68-77-71(74)65-62-59-56-53-50-47-44-41-32-29-26-23-20-17-14-11-8-5-2/h30,33,70H,4-29,31-32,34-69H2,1-3H3/b33-30-. The van der Waals surface area contributed by atoms with Crippen molar-refractivity contribution in [3.63, 3.8) is 0 Å². The Morgan fingerprint density at radius 2 is 0.418 bits per heavy atom. The molecule has 0 aliphatic rings. The van der Waals surface area contributed by atoms with Gasteiger partial charge in [-0.25, -0.2) is 0 Å². The monoisotopic (exact) mass is 1110 g/mol. The fourth-order valence-corrected chi connectivity index (χ4v) is 11.3. The minimum absolute atomic E-state index is 0.0647. The average molecular weight is 1110 g/mol. The summed E-state index contributed by atoms with van der Waals surface area (Å²) in [4.78, 5) is 38.5. The van der Waals surface area contributed by atoms with Crippen LogP contribution in [-0.4, -0.2) is 37.2 Å². The van der Waals surface area contributed by atoms with Gasteiger partial charge in [0.15, 0.2) is 6.10 Å². The molecule has 0 spiro atoms. The zero-order chi connectivity index (χ0) is 57.1. The maximum atomic E-state index is 13.0. The van der Waals surface area contributed by atoms with Gasteiger partial charge in [-0.05, 0) is 44.9 Å². The molecule has 0 saturated heterocycles. The van der Waals surface area contributed by atoms with E-state index < -0.39 is 6.10 Å². The van der Waals surface area contributed by atoms with E-state index in [9.17, 15) is 14.4 Å². The Hall–Kier alpha value is -1.85. The lowest BCUT2D eigenvalue weighted by Crippen LogP contribution is -2.30. The summed E-state index contributed by atoms with van der Waals surface area (Å²) in [5.74, 6) is -0.831. The van der Waals surface area contributed by atoms with Gasteiger partial charge in [0.25, 0.3) is 0 Å². The van der Waals surface area contributed by atoms with Crippen LogP contribution in [0, 0.1) is 0 Å². The van der Waals surface area contributed by atoms with Crippen molar-refractivity contribution in [1.29, 1.82) is 0 Å². The van der Waals surface area contributed by atoms with Crippen LogP contribution in [0.25, 0.3) is 0 Å². The number of carbonyl (C=O) groups excluding carboxylic acids is 3. The van der Waals surface area contributed by atoms with Gasteiger partial charge in [-0.2, -0.15) is 0 Å². The second-order valence-electron chi connectivity index (χ2n) is 24.9. The highest BCUT2D eigenvalue weighted by Gasteiger charge is 2.19. The highest BCUT2D eigenvalue weighted by molar-refractivity contribution is 5.71. The second-order valence-corrected chi connectivity index (χ2v) is 24.9. The van der Waals surface area contributed by atoms with E-state index in [1.165, 1.54) is 321 Å². The number of rotatable bonds is 68. The van der Waals surface area contributed by atoms with E-state index in [1.54, 1.807) is 0 Å². The molecule has 1 unspecified atom stereocenters. The van der Waals surface area contributed by atoms with E-state index in [-0.39, 0.29) is 31.1 Å². The van der Waals surface area contributed by atoms with Crippen molar-refractivity contribution >= 4 is 17.9 Å². The first-order valence-electron chi connectivity index (χ1n) is 36.2. The number of hydrogen-bond acceptors (Lipinski definition) is 6. The predicted molar refractivity (Wildman–Crippen MR) is 344 cm³/mol. The minimum atomic E-state index is -0.769. The predicted octanol–water partition coefficient (Wildman–Crippen LogP) is 24.8. The number of ether oxygens (including phenoxy) is 3. The maximum Gasteiger partial charge on any atom is 0.306 e. The molecular weight excluding hydrogens is 973 g/mol. The van der Waals surface area contributed by atoms with Crippen LogP contribution in [0.1, 0.15) is 419 Å². The number of allylic oxidation sites excluding steroid dienone is 2. The van der Waals surface area contributed by atoms with Gasteiger partial charge >= 0.3 is 17.9 Å². The number of hydrogen-bond donors (Lipinski definition) is 0. The molecule has 79 heavy (non-hydrogen) atoms. The van der Waals surface area contributed by atoms with Crippen LogP contribution in [0.2, 0.25) is 0 Å². The van der Waals surface area contributed by atoms with Gasteiger partial charge in [0.2, 0.25) is 0 Å². The average Bonchev–Trinajstić information content (AvgIpc) is 3.45. The molecule has 0 aromatic heterocycles. The first kappa shape index (κ1) is 77.2. The number of unbranched alkanes of at least 4 members (excludes halogenated alkanes) is 55. The van der Waals surface area contributed by atoms with E-state index in [4.69, 9.17) is 14.2 Å². The molecule has 0 aromatic carbocycles. The Morgan fingerprint density at radius 1 is 0.241 bits per heavy atom. The SMILES string of the molecule is CCCCCCCCC/C=C\CCCCCCCCCC(=O)OC(COC(=O)CCCCCCCCCCCCCCCCCCCC)COC(=O)CCCCCCCCCCCCCCCCCCCCCCCCCCC. The molecule has 468 valence electrons. The normalized spacial score (nSPS) is 12.0. The van der Waals surface area contributed by atoms with Crippen LogP contribution in [0.3, 0.4) is 0 Å². The highest BCUT2D eigenvalue weighted by Crippen LogP contribution is 2.19. The fraction of sp³-hybridized carbons (Fsp3) is 0.932. The van der Waals surface area contributed by atoms with E-state index in [2.05, 4.69) is 32.9 Å². The molecule has 0 aliphatic heterocycles. The van der Waals surface area contributed by atoms with Crippen molar-refractivity contribution in [3.8, 4) is 0 Å². The maximum absolute atomic E-state index is 13.0. The summed E-state index contributed by atoms with van der Waals surface area (Å²) in [5, 5.41) is 0. The molecule has 0 rings (SSSR count). The molecule has 0 N–H and O–H groups in total. The summed E-state index contributed by atoms with van der Waals surface area (Å²) in [6.45, 7) is 6.73. The van der Waals surface area contributed by atoms with Crippen molar-refractivity contribution < 1.29 is 28.6 Å². The Bertz CT molecular complexity index is 1230. The molecule has 0 aromatic rings. The Balaban J connectivity index is 4.25. The van der Waals surface area contributed by atoms with Gasteiger partial charge in [-0.1, -0.05) is 367 Å². The number of esters is 3. The van der Waals surface area contributed by atoms with E-state index in [0.717, 1.165) is 57.8 Å². The molecule has 0 amide bonds. The van der Waals surface area contributed by atoms with Gasteiger partial charge in [0, 0.05) is 19.3 Å². The summed E-state index contributed by atoms with van der Waals surface area (Å²) in [5.41, 5.74) is 0. The molecule has 1 atom stereocenters. The largest absolute Gasteiger partial charge is 0.462 e. The smallest absolute Gasteiger partial charge is 0.306 e. The van der Waals surface area contributed by atoms with Crippen molar-refractivity contribution in [3.05, 3.63) is 12.2 Å². The van der Waals surface area contributed by atoms with Crippen molar-refractivity contribution in [2.75, 3.05) is 13.2 Å². The molecule has 6 heteroatoms. The molecular formula is C73H140O6. The van der Waals surface area contributed by atoms with Crippen LogP contribution in [-0.2, 0) is 28.6 Å². The lowest BCUT2D eigenvalue weighted by Gasteiger charge is -2.18. The topological polar surface area (TPSA) is 78.9 Å². The molecule has 0 radical (unpaired) electrons. The quantitative estimate of drug-likeness (QED) is 0.0261. The van der Waals surface area contributed by atoms with E-state index in [1.807, 2.05) is 0 Å². The summed E-state index contributed by atoms with van der Waals surface area (Å²) in [6.07, 6.45) is 82.4. The third-order valence-electron chi connectivity index (χ3n) is 16.8. The number of carbonyl (C=O) groups is 3. The minimum Gasteiger partial charge on any atom is -0.462 e. The molecule has 0 bridgehead atoms. The third-order valence-corrected chi connectivity index (χ3v) is 16.8. The Morgan fingerprint density at radius 3 is 0.633 bits per heavy atom. The fourth-order valence-electron chi connectivity index (χ4n) is 11.3. The lowest BCUT2D eigenvalue weighted by atomic mass is 10.0. The van der Waals surface area contributed by atoms with Crippen molar-refractivity contribution in [2.45, 2.75) is 425 Å². The van der Waals surface area contributed by atoms with Gasteiger partial charge < -0.3 is 14.2 Å². The summed E-state index contributed by atoms with van der Waals surface area (Å²) < 4.78 is 17.0.